The van der Waals surface area contributed by atoms with Gasteiger partial charge in [0.1, 0.15) is 34.2 Å². The molecule has 4 rings (SSSR count). The summed E-state index contributed by atoms with van der Waals surface area (Å²) in [7, 11) is 2.91. The van der Waals surface area contributed by atoms with Crippen LogP contribution in [-0.2, 0) is 0 Å². The summed E-state index contributed by atoms with van der Waals surface area (Å²) in [5.74, 6) is 0.655. The minimum absolute atomic E-state index is 0.160. The van der Waals surface area contributed by atoms with Crippen LogP contribution < -0.4 is 19.6 Å². The number of carbonyl (C=O) groups is 1. The second-order valence-electron chi connectivity index (χ2n) is 6.95. The molecular formula is C25H19ClO6. The fraction of sp³-hybridized carbons (Fsp3) is 0.120. The van der Waals surface area contributed by atoms with Gasteiger partial charge in [-0.2, -0.15) is 0 Å². The number of ether oxygens (including phenoxy) is 3. The van der Waals surface area contributed by atoms with E-state index in [1.807, 2.05) is 0 Å². The highest BCUT2D eigenvalue weighted by molar-refractivity contribution is 6.30. The number of hydrogen-bond acceptors (Lipinski definition) is 6. The summed E-state index contributed by atoms with van der Waals surface area (Å²) in [4.78, 5) is 25.9. The lowest BCUT2D eigenvalue weighted by Gasteiger charge is -2.12. The third kappa shape index (κ3) is 3.92. The summed E-state index contributed by atoms with van der Waals surface area (Å²) in [6.45, 7) is 1.71. The smallest absolute Gasteiger partial charge is 0.351 e. The maximum absolute atomic E-state index is 13.1. The van der Waals surface area contributed by atoms with E-state index in [1.165, 1.54) is 20.3 Å². The first-order valence-electron chi connectivity index (χ1n) is 9.69. The van der Waals surface area contributed by atoms with E-state index in [1.54, 1.807) is 61.5 Å². The molecule has 0 amide bonds. The van der Waals surface area contributed by atoms with Crippen molar-refractivity contribution in [1.29, 1.82) is 0 Å². The molecule has 0 saturated carbocycles. The molecule has 0 unspecified atom stereocenters. The van der Waals surface area contributed by atoms with Crippen molar-refractivity contribution in [2.45, 2.75) is 6.92 Å². The molecule has 0 fully saturated rings. The minimum Gasteiger partial charge on any atom is -0.496 e. The van der Waals surface area contributed by atoms with Gasteiger partial charge in [-0.25, -0.2) is 4.79 Å². The zero-order valence-corrected chi connectivity index (χ0v) is 18.4. The van der Waals surface area contributed by atoms with Crippen LogP contribution in [0.25, 0.3) is 22.1 Å². The summed E-state index contributed by atoms with van der Waals surface area (Å²) in [6.07, 6.45) is 0. The lowest BCUT2D eigenvalue weighted by molar-refractivity contribution is 0.0727. The van der Waals surface area contributed by atoms with Crippen LogP contribution in [0.15, 0.2) is 69.9 Å². The van der Waals surface area contributed by atoms with Crippen LogP contribution in [-0.4, -0.2) is 20.2 Å². The van der Waals surface area contributed by atoms with Crippen molar-refractivity contribution in [1.82, 2.24) is 0 Å². The Balaban J connectivity index is 1.73. The van der Waals surface area contributed by atoms with Crippen LogP contribution in [0.2, 0.25) is 5.02 Å². The minimum atomic E-state index is -0.657. The zero-order chi connectivity index (χ0) is 22.8. The van der Waals surface area contributed by atoms with E-state index < -0.39 is 5.97 Å². The highest BCUT2D eigenvalue weighted by Crippen LogP contribution is 2.31. The lowest BCUT2D eigenvalue weighted by atomic mass is 10.0. The highest BCUT2D eigenvalue weighted by Gasteiger charge is 2.21. The van der Waals surface area contributed by atoms with Gasteiger partial charge in [0.05, 0.1) is 25.2 Å². The number of halogens is 1. The number of hydrogen-bond donors (Lipinski definition) is 0. The predicted octanol–water partition coefficient (Wildman–Crippen LogP) is 5.66. The molecule has 32 heavy (non-hydrogen) atoms. The molecule has 0 N–H and O–H groups in total. The van der Waals surface area contributed by atoms with E-state index in [4.69, 9.17) is 30.2 Å². The van der Waals surface area contributed by atoms with E-state index in [0.717, 1.165) is 0 Å². The van der Waals surface area contributed by atoms with Gasteiger partial charge in [-0.1, -0.05) is 29.8 Å². The number of fused-ring (bicyclic) bond motifs is 1. The Morgan fingerprint density at radius 2 is 1.59 bits per heavy atom. The second kappa shape index (κ2) is 8.77. The number of methoxy groups -OCH3 is 2. The molecule has 0 atom stereocenters. The van der Waals surface area contributed by atoms with Crippen molar-refractivity contribution in [3.8, 4) is 28.4 Å². The number of benzene rings is 3. The quantitative estimate of drug-likeness (QED) is 0.288. The van der Waals surface area contributed by atoms with Gasteiger partial charge < -0.3 is 18.6 Å². The highest BCUT2D eigenvalue weighted by atomic mass is 35.5. The fourth-order valence-electron chi connectivity index (χ4n) is 3.51. The van der Waals surface area contributed by atoms with Crippen LogP contribution in [0.3, 0.4) is 0 Å². The summed E-state index contributed by atoms with van der Waals surface area (Å²) in [5, 5.41) is 0.949. The van der Waals surface area contributed by atoms with Gasteiger partial charge in [0, 0.05) is 11.1 Å². The van der Waals surface area contributed by atoms with Crippen LogP contribution >= 0.6 is 11.6 Å². The molecule has 0 radical (unpaired) electrons. The maximum Gasteiger partial charge on any atom is 0.351 e. The Kier molecular flexibility index (Phi) is 5.88. The van der Waals surface area contributed by atoms with E-state index in [2.05, 4.69) is 0 Å². The SMILES string of the molecule is COc1cccc(OC)c1C(=O)Oc1ccc2c(=O)c(-c3ccc(Cl)cc3)c(C)oc2c1. The molecule has 1 aromatic heterocycles. The summed E-state index contributed by atoms with van der Waals surface area (Å²) < 4.78 is 22.0. The molecule has 0 aliphatic carbocycles. The van der Waals surface area contributed by atoms with Gasteiger partial charge >= 0.3 is 5.97 Å². The Labute approximate surface area is 188 Å². The maximum atomic E-state index is 13.1. The Bertz CT molecular complexity index is 1350. The van der Waals surface area contributed by atoms with Gasteiger partial charge in [-0.05, 0) is 48.9 Å². The predicted molar refractivity (Wildman–Crippen MR) is 122 cm³/mol. The van der Waals surface area contributed by atoms with E-state index in [0.29, 0.717) is 44.4 Å². The molecule has 4 aromatic rings. The molecule has 0 spiro atoms. The van der Waals surface area contributed by atoms with E-state index in [-0.39, 0.29) is 16.7 Å². The first-order valence-corrected chi connectivity index (χ1v) is 10.1. The lowest BCUT2D eigenvalue weighted by Crippen LogP contribution is -2.12. The van der Waals surface area contributed by atoms with Crippen molar-refractivity contribution < 1.29 is 23.4 Å². The van der Waals surface area contributed by atoms with Crippen LogP contribution in [0.5, 0.6) is 17.2 Å². The average Bonchev–Trinajstić information content (AvgIpc) is 2.79. The first kappa shape index (κ1) is 21.5. The molecule has 0 bridgehead atoms. The van der Waals surface area contributed by atoms with Crippen LogP contribution in [0.1, 0.15) is 16.1 Å². The normalized spacial score (nSPS) is 10.8. The molecule has 0 aliphatic heterocycles. The average molecular weight is 451 g/mol. The number of esters is 1. The monoisotopic (exact) mass is 450 g/mol. The third-order valence-corrected chi connectivity index (χ3v) is 5.27. The van der Waals surface area contributed by atoms with Gasteiger partial charge in [0.2, 0.25) is 5.43 Å². The van der Waals surface area contributed by atoms with Crippen molar-refractivity contribution >= 4 is 28.5 Å². The van der Waals surface area contributed by atoms with Crippen LogP contribution in [0.4, 0.5) is 0 Å². The van der Waals surface area contributed by atoms with E-state index in [9.17, 15) is 9.59 Å². The van der Waals surface area contributed by atoms with Gasteiger partial charge in [0.15, 0.2) is 0 Å². The molecule has 0 aliphatic rings. The van der Waals surface area contributed by atoms with Crippen LogP contribution in [0, 0.1) is 6.92 Å². The Morgan fingerprint density at radius 1 is 0.938 bits per heavy atom. The van der Waals surface area contributed by atoms with Crippen molar-refractivity contribution in [2.75, 3.05) is 14.2 Å². The molecule has 7 heteroatoms. The van der Waals surface area contributed by atoms with Gasteiger partial charge in [-0.3, -0.25) is 4.79 Å². The Morgan fingerprint density at radius 3 is 2.22 bits per heavy atom. The summed E-state index contributed by atoms with van der Waals surface area (Å²) in [5.41, 5.74) is 1.45. The third-order valence-electron chi connectivity index (χ3n) is 5.02. The molecular weight excluding hydrogens is 432 g/mol. The molecule has 1 heterocycles. The van der Waals surface area contributed by atoms with E-state index >= 15 is 0 Å². The van der Waals surface area contributed by atoms with Crippen molar-refractivity contribution in [2.24, 2.45) is 0 Å². The van der Waals surface area contributed by atoms with Crippen molar-refractivity contribution in [3.05, 3.63) is 87.2 Å². The fourth-order valence-corrected chi connectivity index (χ4v) is 3.64. The number of rotatable bonds is 5. The standard InChI is InChI=1S/C25H19ClO6/c1-14-22(15-7-9-16(26)10-8-15)24(27)18-12-11-17(13-21(18)31-14)32-25(28)23-19(29-2)5-4-6-20(23)30-3/h4-13H,1-3H3. The molecule has 3 aromatic carbocycles. The second-order valence-corrected chi connectivity index (χ2v) is 7.39. The summed E-state index contributed by atoms with van der Waals surface area (Å²) >= 11 is 5.96. The largest absolute Gasteiger partial charge is 0.496 e. The zero-order valence-electron chi connectivity index (χ0n) is 17.6. The number of aryl methyl sites for hydroxylation is 1. The number of carbonyl (C=O) groups excluding carboxylic acids is 1. The molecule has 162 valence electrons. The van der Waals surface area contributed by atoms with Gasteiger partial charge in [0.25, 0.3) is 0 Å². The molecule has 0 saturated heterocycles. The first-order chi connectivity index (χ1) is 15.4. The summed E-state index contributed by atoms with van der Waals surface area (Å²) in [6, 6.07) is 16.6. The Hall–Kier alpha value is -3.77. The molecule has 6 nitrogen and oxygen atoms in total. The topological polar surface area (TPSA) is 75.0 Å². The van der Waals surface area contributed by atoms with Gasteiger partial charge in [-0.15, -0.1) is 0 Å². The van der Waals surface area contributed by atoms with Crippen molar-refractivity contribution in [3.63, 3.8) is 0 Å².